The van der Waals surface area contributed by atoms with Gasteiger partial charge in [0.05, 0.1) is 5.56 Å². The number of aromatic nitrogens is 1. The van der Waals surface area contributed by atoms with Gasteiger partial charge < -0.3 is 5.73 Å². The molecule has 1 rings (SSSR count). The number of anilines is 1. The van der Waals surface area contributed by atoms with E-state index in [-0.39, 0.29) is 4.47 Å². The summed E-state index contributed by atoms with van der Waals surface area (Å²) in [6.07, 6.45) is -4.66. The quantitative estimate of drug-likeness (QED) is 0.808. The first kappa shape index (κ1) is 12.2. The summed E-state index contributed by atoms with van der Waals surface area (Å²) >= 11 is 2.74. The van der Waals surface area contributed by atoms with Crippen LogP contribution in [0, 0.1) is 0 Å². The van der Waals surface area contributed by atoms with E-state index in [1.807, 2.05) is 0 Å². The molecule has 0 amide bonds. The van der Waals surface area contributed by atoms with Crippen molar-refractivity contribution in [2.24, 2.45) is 0 Å². The third-order valence-corrected chi connectivity index (χ3v) is 2.01. The van der Waals surface area contributed by atoms with E-state index in [0.29, 0.717) is 6.07 Å². The van der Waals surface area contributed by atoms with Gasteiger partial charge in [0.1, 0.15) is 5.82 Å². The van der Waals surface area contributed by atoms with Crippen molar-refractivity contribution in [3.8, 4) is 0 Å². The van der Waals surface area contributed by atoms with E-state index in [1.54, 1.807) is 0 Å². The number of nitrogen functional groups attached to an aromatic ring is 1. The third-order valence-electron chi connectivity index (χ3n) is 1.58. The molecule has 1 aromatic rings. The van der Waals surface area contributed by atoms with Crippen LogP contribution < -0.4 is 5.73 Å². The Bertz CT molecular complexity index is 376. The molecule has 0 saturated carbocycles. The topological polar surface area (TPSA) is 38.9 Å². The van der Waals surface area contributed by atoms with Crippen LogP contribution in [0.2, 0.25) is 0 Å². The van der Waals surface area contributed by atoms with Crippen molar-refractivity contribution in [3.05, 3.63) is 22.3 Å². The average molecular weight is 291 g/mol. The fourth-order valence-electron chi connectivity index (χ4n) is 0.854. The smallest absolute Gasteiger partial charge is 0.383 e. The Morgan fingerprint density at radius 3 is 2.20 bits per heavy atom. The number of rotatable bonds is 1. The summed E-state index contributed by atoms with van der Waals surface area (Å²) in [5, 5.41) is 0. The summed E-state index contributed by atoms with van der Waals surface area (Å²) < 4.78 is 61.6. The summed E-state index contributed by atoms with van der Waals surface area (Å²) in [6, 6.07) is 0.593. The summed E-state index contributed by atoms with van der Waals surface area (Å²) in [5.41, 5.74) is 3.60. The van der Waals surface area contributed by atoms with Crippen molar-refractivity contribution >= 4 is 21.7 Å². The Balaban J connectivity index is 3.32. The Labute approximate surface area is 89.4 Å². The van der Waals surface area contributed by atoms with E-state index in [9.17, 15) is 22.0 Å². The van der Waals surface area contributed by atoms with E-state index in [2.05, 4.69) is 20.9 Å². The van der Waals surface area contributed by atoms with E-state index in [0.717, 1.165) is 6.20 Å². The van der Waals surface area contributed by atoms with Gasteiger partial charge in [-0.15, -0.1) is 0 Å². The average Bonchev–Trinajstić information content (AvgIpc) is 2.07. The fourth-order valence-corrected chi connectivity index (χ4v) is 1.19. The number of halogens is 6. The maximum Gasteiger partial charge on any atom is 0.458 e. The second-order valence-electron chi connectivity index (χ2n) is 2.66. The lowest BCUT2D eigenvalue weighted by Gasteiger charge is -2.20. The van der Waals surface area contributed by atoms with Crippen LogP contribution in [0.1, 0.15) is 5.56 Å². The highest BCUT2D eigenvalue weighted by Gasteiger charge is 2.59. The van der Waals surface area contributed by atoms with Crippen molar-refractivity contribution in [2.45, 2.75) is 12.1 Å². The highest BCUT2D eigenvalue weighted by molar-refractivity contribution is 9.10. The molecule has 1 heterocycles. The van der Waals surface area contributed by atoms with E-state index in [4.69, 9.17) is 5.73 Å². The second kappa shape index (κ2) is 3.58. The van der Waals surface area contributed by atoms with Gasteiger partial charge in [0.15, 0.2) is 0 Å². The van der Waals surface area contributed by atoms with Crippen LogP contribution >= 0.6 is 15.9 Å². The lowest BCUT2D eigenvalue weighted by molar-refractivity contribution is -0.289. The molecule has 0 radical (unpaired) electrons. The van der Waals surface area contributed by atoms with Crippen LogP contribution in [0.3, 0.4) is 0 Å². The SMILES string of the molecule is Nc1ncc(Br)cc1C(F)(F)C(F)(F)F. The Morgan fingerprint density at radius 2 is 1.73 bits per heavy atom. The second-order valence-corrected chi connectivity index (χ2v) is 3.57. The molecular formula is C7H4BrF5N2. The molecule has 84 valence electrons. The molecule has 0 unspecified atom stereocenters. The zero-order valence-corrected chi connectivity index (χ0v) is 8.53. The number of hydrogen-bond donors (Lipinski definition) is 1. The highest BCUT2D eigenvalue weighted by atomic mass is 79.9. The molecule has 2 N–H and O–H groups in total. The van der Waals surface area contributed by atoms with Crippen molar-refractivity contribution < 1.29 is 22.0 Å². The summed E-state index contributed by atoms with van der Waals surface area (Å²) in [6.45, 7) is 0. The molecule has 0 aliphatic rings. The molecule has 0 bridgehead atoms. The normalized spacial score (nSPS) is 12.9. The Kier molecular flexibility index (Phi) is 2.90. The van der Waals surface area contributed by atoms with Crippen LogP contribution in [0.15, 0.2) is 16.7 Å². The molecule has 0 saturated heterocycles. The monoisotopic (exact) mass is 290 g/mol. The molecule has 0 aliphatic heterocycles. The van der Waals surface area contributed by atoms with Gasteiger partial charge >= 0.3 is 12.1 Å². The van der Waals surface area contributed by atoms with Crippen LogP contribution in [-0.4, -0.2) is 11.2 Å². The number of alkyl halides is 5. The van der Waals surface area contributed by atoms with E-state index in [1.165, 1.54) is 0 Å². The first-order valence-electron chi connectivity index (χ1n) is 3.52. The lowest BCUT2D eigenvalue weighted by Crippen LogP contribution is -2.34. The highest BCUT2D eigenvalue weighted by Crippen LogP contribution is 2.45. The van der Waals surface area contributed by atoms with Crippen molar-refractivity contribution in [1.82, 2.24) is 4.98 Å². The van der Waals surface area contributed by atoms with Crippen LogP contribution in [-0.2, 0) is 5.92 Å². The molecular weight excluding hydrogens is 287 g/mol. The van der Waals surface area contributed by atoms with Gasteiger partial charge in [0.25, 0.3) is 0 Å². The molecule has 0 spiro atoms. The maximum absolute atomic E-state index is 12.8. The first-order valence-corrected chi connectivity index (χ1v) is 4.31. The first-order chi connectivity index (χ1) is 6.66. The van der Waals surface area contributed by atoms with Gasteiger partial charge in [-0.3, -0.25) is 0 Å². The predicted molar refractivity (Wildman–Crippen MR) is 46.3 cm³/mol. The standard InChI is InChI=1S/C7H4BrF5N2/c8-3-1-4(5(14)15-2-3)6(9,10)7(11,12)13/h1-2H,(H2,14,15). The van der Waals surface area contributed by atoms with Crippen LogP contribution in [0.25, 0.3) is 0 Å². The molecule has 1 aromatic heterocycles. The minimum atomic E-state index is -5.69. The molecule has 8 heteroatoms. The van der Waals surface area contributed by atoms with Gasteiger partial charge in [0, 0.05) is 10.7 Å². The van der Waals surface area contributed by atoms with Crippen molar-refractivity contribution in [3.63, 3.8) is 0 Å². The van der Waals surface area contributed by atoms with Crippen molar-refractivity contribution in [2.75, 3.05) is 5.73 Å². The van der Waals surface area contributed by atoms with E-state index < -0.39 is 23.5 Å². The zero-order chi connectivity index (χ0) is 11.9. The maximum atomic E-state index is 12.8. The summed E-state index contributed by atoms with van der Waals surface area (Å²) in [5.74, 6) is -5.85. The third kappa shape index (κ3) is 2.19. The number of pyridine rings is 1. The number of nitrogens with two attached hydrogens (primary N) is 1. The van der Waals surface area contributed by atoms with Gasteiger partial charge in [-0.05, 0) is 22.0 Å². The molecule has 0 atom stereocenters. The minimum Gasteiger partial charge on any atom is -0.383 e. The Morgan fingerprint density at radius 1 is 1.20 bits per heavy atom. The molecule has 0 aromatic carbocycles. The summed E-state index contributed by atoms with van der Waals surface area (Å²) in [7, 11) is 0. The summed E-state index contributed by atoms with van der Waals surface area (Å²) in [4.78, 5) is 3.21. The van der Waals surface area contributed by atoms with Gasteiger partial charge in [-0.25, -0.2) is 4.98 Å². The number of nitrogens with zero attached hydrogens (tertiary/aromatic N) is 1. The largest absolute Gasteiger partial charge is 0.458 e. The molecule has 15 heavy (non-hydrogen) atoms. The zero-order valence-electron chi connectivity index (χ0n) is 6.95. The lowest BCUT2D eigenvalue weighted by atomic mass is 10.1. The van der Waals surface area contributed by atoms with E-state index >= 15 is 0 Å². The van der Waals surface area contributed by atoms with Crippen molar-refractivity contribution in [1.29, 1.82) is 0 Å². The molecule has 0 fully saturated rings. The van der Waals surface area contributed by atoms with Crippen LogP contribution in [0.5, 0.6) is 0 Å². The fraction of sp³-hybridized carbons (Fsp3) is 0.286. The van der Waals surface area contributed by atoms with Gasteiger partial charge in [0.2, 0.25) is 0 Å². The molecule has 0 aliphatic carbocycles. The van der Waals surface area contributed by atoms with Crippen LogP contribution in [0.4, 0.5) is 27.8 Å². The van der Waals surface area contributed by atoms with Gasteiger partial charge in [-0.1, -0.05) is 0 Å². The predicted octanol–water partition coefficient (Wildman–Crippen LogP) is 3.08. The number of hydrogen-bond acceptors (Lipinski definition) is 2. The molecule has 2 nitrogen and oxygen atoms in total. The Hall–Kier alpha value is -0.920. The minimum absolute atomic E-state index is 0.00405. The van der Waals surface area contributed by atoms with Gasteiger partial charge in [-0.2, -0.15) is 22.0 Å².